The second kappa shape index (κ2) is 4.63. The molecule has 0 spiro atoms. The molecule has 2 rings (SSSR count). The number of amides is 1. The molecule has 0 bridgehead atoms. The van der Waals surface area contributed by atoms with Crippen molar-refractivity contribution in [3.05, 3.63) is 29.8 Å². The molecule has 1 atom stereocenters. The Kier molecular flexibility index (Phi) is 3.33. The average molecular weight is 246 g/mol. The number of benzene rings is 1. The summed E-state index contributed by atoms with van der Waals surface area (Å²) in [6.45, 7) is 7.22. The molecular formula is C15H22N2O. The van der Waals surface area contributed by atoms with E-state index in [1.807, 2.05) is 30.1 Å². The van der Waals surface area contributed by atoms with Crippen LogP contribution in [0.5, 0.6) is 0 Å². The van der Waals surface area contributed by atoms with Crippen LogP contribution in [0, 0.1) is 5.41 Å². The van der Waals surface area contributed by atoms with Crippen LogP contribution < -0.4 is 5.32 Å². The SMILES string of the molecule is CN(CC(C)(C)C)C(=O)C1Cc2ccccc2N1. The molecule has 18 heavy (non-hydrogen) atoms. The highest BCUT2D eigenvalue weighted by Crippen LogP contribution is 2.26. The van der Waals surface area contributed by atoms with E-state index in [2.05, 4.69) is 32.2 Å². The van der Waals surface area contributed by atoms with E-state index in [0.717, 1.165) is 18.7 Å². The van der Waals surface area contributed by atoms with Crippen molar-refractivity contribution in [2.45, 2.75) is 33.2 Å². The fourth-order valence-corrected chi connectivity index (χ4v) is 2.50. The van der Waals surface area contributed by atoms with E-state index in [-0.39, 0.29) is 17.4 Å². The van der Waals surface area contributed by atoms with Crippen molar-refractivity contribution in [3.8, 4) is 0 Å². The molecule has 1 heterocycles. The number of likely N-dealkylation sites (N-methyl/N-ethyl adjacent to an activating group) is 1. The van der Waals surface area contributed by atoms with E-state index in [9.17, 15) is 4.79 Å². The highest BCUT2D eigenvalue weighted by molar-refractivity contribution is 5.87. The summed E-state index contributed by atoms with van der Waals surface area (Å²) in [5.74, 6) is 0.182. The van der Waals surface area contributed by atoms with Crippen LogP contribution in [0.4, 0.5) is 5.69 Å². The van der Waals surface area contributed by atoms with E-state index in [1.54, 1.807) is 0 Å². The summed E-state index contributed by atoms with van der Waals surface area (Å²) in [5, 5.41) is 3.31. The van der Waals surface area contributed by atoms with Gasteiger partial charge in [-0.15, -0.1) is 0 Å². The minimum absolute atomic E-state index is 0.102. The van der Waals surface area contributed by atoms with Crippen molar-refractivity contribution < 1.29 is 4.79 Å². The first kappa shape index (κ1) is 12.9. The van der Waals surface area contributed by atoms with E-state index >= 15 is 0 Å². The molecule has 0 aromatic heterocycles. The van der Waals surface area contributed by atoms with Crippen molar-refractivity contribution >= 4 is 11.6 Å². The molecule has 0 saturated carbocycles. The molecule has 0 fully saturated rings. The number of hydrogen-bond acceptors (Lipinski definition) is 2. The van der Waals surface area contributed by atoms with Crippen molar-refractivity contribution in [1.82, 2.24) is 4.90 Å². The van der Waals surface area contributed by atoms with Crippen LogP contribution >= 0.6 is 0 Å². The third kappa shape index (κ3) is 2.84. The summed E-state index contributed by atoms with van der Waals surface area (Å²) in [6.07, 6.45) is 0.795. The summed E-state index contributed by atoms with van der Waals surface area (Å²) in [7, 11) is 1.89. The molecule has 1 aliphatic heterocycles. The number of nitrogens with zero attached hydrogens (tertiary/aromatic N) is 1. The third-order valence-corrected chi connectivity index (χ3v) is 3.16. The Morgan fingerprint density at radius 3 is 2.67 bits per heavy atom. The number of nitrogens with one attached hydrogen (secondary N) is 1. The van der Waals surface area contributed by atoms with Gasteiger partial charge < -0.3 is 10.2 Å². The Bertz CT molecular complexity index is 423. The van der Waals surface area contributed by atoms with Crippen molar-refractivity contribution in [2.24, 2.45) is 5.41 Å². The molecule has 0 saturated heterocycles. The van der Waals surface area contributed by atoms with E-state index in [4.69, 9.17) is 0 Å². The second-order valence-corrected chi connectivity index (χ2v) is 6.31. The first-order valence-electron chi connectivity index (χ1n) is 6.46. The van der Waals surface area contributed by atoms with E-state index < -0.39 is 0 Å². The largest absolute Gasteiger partial charge is 0.373 e. The lowest BCUT2D eigenvalue weighted by Gasteiger charge is -2.28. The van der Waals surface area contributed by atoms with Crippen LogP contribution in [0.3, 0.4) is 0 Å². The van der Waals surface area contributed by atoms with Crippen LogP contribution in [0.1, 0.15) is 26.3 Å². The number of rotatable bonds is 2. The van der Waals surface area contributed by atoms with Crippen molar-refractivity contribution in [1.29, 1.82) is 0 Å². The molecule has 0 aliphatic carbocycles. The smallest absolute Gasteiger partial charge is 0.245 e. The molecule has 1 aliphatic rings. The van der Waals surface area contributed by atoms with Crippen LogP contribution in [0.2, 0.25) is 0 Å². The fraction of sp³-hybridized carbons (Fsp3) is 0.533. The van der Waals surface area contributed by atoms with Crippen molar-refractivity contribution in [2.75, 3.05) is 18.9 Å². The minimum Gasteiger partial charge on any atom is -0.373 e. The first-order valence-corrected chi connectivity index (χ1v) is 6.46. The molecule has 1 amide bonds. The molecule has 3 heteroatoms. The molecular weight excluding hydrogens is 224 g/mol. The molecule has 1 aromatic rings. The Morgan fingerprint density at radius 2 is 2.06 bits per heavy atom. The quantitative estimate of drug-likeness (QED) is 0.869. The maximum absolute atomic E-state index is 12.4. The van der Waals surface area contributed by atoms with E-state index in [1.165, 1.54) is 5.56 Å². The summed E-state index contributed by atoms with van der Waals surface area (Å²) in [4.78, 5) is 14.2. The Balaban J connectivity index is 2.01. The van der Waals surface area contributed by atoms with Gasteiger partial charge in [0.2, 0.25) is 5.91 Å². The Labute approximate surface area is 109 Å². The van der Waals surface area contributed by atoms with Crippen molar-refractivity contribution in [3.63, 3.8) is 0 Å². The van der Waals surface area contributed by atoms with E-state index in [0.29, 0.717) is 0 Å². The first-order chi connectivity index (χ1) is 8.37. The molecule has 1 aromatic carbocycles. The van der Waals surface area contributed by atoms with Gasteiger partial charge in [-0.05, 0) is 17.0 Å². The standard InChI is InChI=1S/C15H22N2O/c1-15(2,3)10-17(4)14(18)13-9-11-7-5-6-8-12(11)16-13/h5-8,13,16H,9-10H2,1-4H3. The predicted molar refractivity (Wildman–Crippen MR) is 74.6 cm³/mol. The van der Waals surface area contributed by atoms with Gasteiger partial charge in [0, 0.05) is 25.7 Å². The number of para-hydroxylation sites is 1. The molecule has 3 nitrogen and oxygen atoms in total. The van der Waals surface area contributed by atoms with Gasteiger partial charge in [0.15, 0.2) is 0 Å². The normalized spacial score (nSPS) is 18.1. The molecule has 0 radical (unpaired) electrons. The lowest BCUT2D eigenvalue weighted by Crippen LogP contribution is -2.43. The zero-order valence-electron chi connectivity index (χ0n) is 11.7. The zero-order valence-corrected chi connectivity index (χ0v) is 11.7. The predicted octanol–water partition coefficient (Wildman–Crippen LogP) is 2.53. The van der Waals surface area contributed by atoms with Gasteiger partial charge in [-0.2, -0.15) is 0 Å². The highest BCUT2D eigenvalue weighted by Gasteiger charge is 2.29. The van der Waals surface area contributed by atoms with Crippen LogP contribution in [0.15, 0.2) is 24.3 Å². The summed E-state index contributed by atoms with van der Waals surface area (Å²) in [6, 6.07) is 8.03. The van der Waals surface area contributed by atoms with Gasteiger partial charge in [-0.25, -0.2) is 0 Å². The third-order valence-electron chi connectivity index (χ3n) is 3.16. The van der Waals surface area contributed by atoms with Crippen LogP contribution in [0.25, 0.3) is 0 Å². The minimum atomic E-state index is -0.102. The maximum Gasteiger partial charge on any atom is 0.245 e. The van der Waals surface area contributed by atoms with Gasteiger partial charge in [0.1, 0.15) is 6.04 Å². The lowest BCUT2D eigenvalue weighted by atomic mass is 9.96. The number of fused-ring (bicyclic) bond motifs is 1. The van der Waals surface area contributed by atoms with Gasteiger partial charge in [-0.1, -0.05) is 39.0 Å². The number of anilines is 1. The highest BCUT2D eigenvalue weighted by atomic mass is 16.2. The van der Waals surface area contributed by atoms with Gasteiger partial charge in [0.05, 0.1) is 0 Å². The summed E-state index contributed by atoms with van der Waals surface area (Å²) >= 11 is 0. The monoisotopic (exact) mass is 246 g/mol. The zero-order chi connectivity index (χ0) is 13.3. The van der Waals surface area contributed by atoms with Gasteiger partial charge in [0.25, 0.3) is 0 Å². The molecule has 98 valence electrons. The second-order valence-electron chi connectivity index (χ2n) is 6.31. The summed E-state index contributed by atoms with van der Waals surface area (Å²) in [5.41, 5.74) is 2.47. The number of carbonyl (C=O) groups is 1. The lowest BCUT2D eigenvalue weighted by molar-refractivity contribution is -0.131. The fourth-order valence-electron chi connectivity index (χ4n) is 2.50. The van der Waals surface area contributed by atoms with Crippen LogP contribution in [-0.2, 0) is 11.2 Å². The topological polar surface area (TPSA) is 32.3 Å². The maximum atomic E-state index is 12.4. The number of hydrogen-bond donors (Lipinski definition) is 1. The number of carbonyl (C=O) groups excluding carboxylic acids is 1. The Morgan fingerprint density at radius 1 is 1.39 bits per heavy atom. The Hall–Kier alpha value is -1.51. The van der Waals surface area contributed by atoms with Gasteiger partial charge in [-0.3, -0.25) is 4.79 Å². The van der Waals surface area contributed by atoms with Gasteiger partial charge >= 0.3 is 0 Å². The summed E-state index contributed by atoms with van der Waals surface area (Å²) < 4.78 is 0. The average Bonchev–Trinajstić information content (AvgIpc) is 2.68. The molecule has 1 N–H and O–H groups in total. The molecule has 1 unspecified atom stereocenters. The van der Waals surface area contributed by atoms with Crippen LogP contribution in [-0.4, -0.2) is 30.4 Å².